The van der Waals surface area contributed by atoms with Crippen molar-refractivity contribution < 1.29 is 29.5 Å². The van der Waals surface area contributed by atoms with Crippen molar-refractivity contribution in [3.05, 3.63) is 76.6 Å². The SMILES string of the molecule is CC(C)=O.CNC(=O)C(C)(C)CCc1ccc(N)cc1.C[Si](C)(C)C#N.[C-]#[N+]C(C)(C)Cc1ccc(CCC(C)(C)C(=O)NC)cc1.[Cl][Zn][Cl]. The quantitative estimate of drug-likeness (QED) is 0.126. The number of carbonyl (C=O) groups is 3. The van der Waals surface area contributed by atoms with Gasteiger partial charge in [0, 0.05) is 50.2 Å². The molecular formula is C38H61Cl2N5O3SiZn. The van der Waals surface area contributed by atoms with Crippen molar-refractivity contribution in [3.63, 3.8) is 0 Å². The Labute approximate surface area is 320 Å². The molecule has 4 N–H and O–H groups in total. The number of carbonyl (C=O) groups excluding carboxylic acids is 3. The van der Waals surface area contributed by atoms with Gasteiger partial charge in [-0.2, -0.15) is 0 Å². The van der Waals surface area contributed by atoms with E-state index >= 15 is 0 Å². The fourth-order valence-corrected chi connectivity index (χ4v) is 3.86. The van der Waals surface area contributed by atoms with Crippen molar-refractivity contribution in [1.29, 1.82) is 5.26 Å². The minimum absolute atomic E-state index is 0.0814. The van der Waals surface area contributed by atoms with E-state index in [1.807, 2.05) is 85.4 Å². The second-order valence-electron chi connectivity index (χ2n) is 15.0. The van der Waals surface area contributed by atoms with Gasteiger partial charge >= 0.3 is 34.5 Å². The van der Waals surface area contributed by atoms with Gasteiger partial charge in [-0.25, -0.2) is 11.8 Å². The summed E-state index contributed by atoms with van der Waals surface area (Å²) in [4.78, 5) is 36.4. The number of aryl methyl sites for hydroxylation is 2. The van der Waals surface area contributed by atoms with Crippen LogP contribution in [0.25, 0.3) is 4.85 Å². The Balaban J connectivity index is -0.000000666. The van der Waals surface area contributed by atoms with E-state index in [-0.39, 0.29) is 34.0 Å². The summed E-state index contributed by atoms with van der Waals surface area (Å²) in [5.41, 5.74) is 11.2. The molecular weight excluding hydrogens is 739 g/mol. The maximum absolute atomic E-state index is 11.8. The van der Waals surface area contributed by atoms with E-state index in [1.54, 1.807) is 14.1 Å². The predicted octanol–water partition coefficient (Wildman–Crippen LogP) is 8.96. The van der Waals surface area contributed by atoms with Gasteiger partial charge in [0.2, 0.25) is 17.4 Å². The Morgan fingerprint density at radius 2 is 1.08 bits per heavy atom. The molecule has 2 aromatic carbocycles. The Kier molecular flexibility index (Phi) is 26.9. The van der Waals surface area contributed by atoms with Crippen LogP contribution in [0.5, 0.6) is 0 Å². The van der Waals surface area contributed by atoms with E-state index in [0.717, 1.165) is 37.8 Å². The standard InChI is InChI=1S/C18H26N2O.C13H20N2O.C4H9NSi.C3H6O.2ClH.Zn/c1-17(2,16(21)19-5)12-11-14-7-9-15(10-8-14)13-18(3,4)20-6;1-13(2,12(16)15-3)9-8-10-4-6-11(14)7-5-10;1-6(2,3)4-5;1-3(2)4;;;/h7-10H,11-13H2,1-5H3,(H,19,21);4-7H,8-9,14H2,1-3H3,(H,15,16);1-3H3;1-2H3;2*1H;/q;;;;;;+2/p-2. The van der Waals surface area contributed by atoms with Gasteiger partial charge in [0.15, 0.2) is 8.07 Å². The van der Waals surface area contributed by atoms with Gasteiger partial charge in [-0.15, -0.1) is 0 Å². The van der Waals surface area contributed by atoms with Crippen molar-refractivity contribution in [2.75, 3.05) is 19.8 Å². The predicted molar refractivity (Wildman–Crippen MR) is 211 cm³/mol. The number of nitrogen functional groups attached to an aromatic ring is 1. The van der Waals surface area contributed by atoms with Crippen molar-refractivity contribution in [2.45, 2.75) is 113 Å². The number of nitrogens with zero attached hydrogens (tertiary/aromatic N) is 2. The van der Waals surface area contributed by atoms with Gasteiger partial charge in [-0.05, 0) is 68.4 Å². The number of nitriles is 1. The third kappa shape index (κ3) is 28.0. The molecule has 0 aromatic heterocycles. The monoisotopic (exact) mass is 797 g/mol. The number of amides is 2. The summed E-state index contributed by atoms with van der Waals surface area (Å²) >= 11 is -0.931. The minimum atomic E-state index is -1.33. The number of rotatable bonds is 10. The number of nitrogens with one attached hydrogen (secondary N) is 2. The summed E-state index contributed by atoms with van der Waals surface area (Å²) in [7, 11) is 11.9. The molecule has 0 aliphatic carbocycles. The molecule has 50 heavy (non-hydrogen) atoms. The number of ketones is 1. The number of nitrogens with two attached hydrogens (primary N) is 1. The second kappa shape index (κ2) is 26.1. The van der Waals surface area contributed by atoms with E-state index in [1.165, 1.54) is 30.5 Å². The van der Waals surface area contributed by atoms with E-state index < -0.39 is 23.2 Å². The summed E-state index contributed by atoms with van der Waals surface area (Å²) in [6.07, 6.45) is 4.18. The van der Waals surface area contributed by atoms with E-state index in [4.69, 9.17) is 36.9 Å². The number of hydrogen-bond donors (Lipinski definition) is 3. The molecule has 0 aliphatic heterocycles. The summed E-state index contributed by atoms with van der Waals surface area (Å²) in [5.74, 6) is 0.334. The number of Topliss-reactive ketones (excluding diaryl/α,β-unsaturated/α-hetero) is 1. The van der Waals surface area contributed by atoms with Crippen molar-refractivity contribution in [1.82, 2.24) is 10.6 Å². The zero-order valence-corrected chi connectivity index (χ0v) is 38.3. The van der Waals surface area contributed by atoms with Gasteiger partial charge in [0.05, 0.1) is 6.42 Å². The summed E-state index contributed by atoms with van der Waals surface area (Å²) < 4.78 is 0. The van der Waals surface area contributed by atoms with Crippen LogP contribution in [0.3, 0.4) is 0 Å². The van der Waals surface area contributed by atoms with Crippen molar-refractivity contribution in [3.8, 4) is 5.69 Å². The molecule has 0 saturated carbocycles. The molecule has 0 radical (unpaired) electrons. The van der Waals surface area contributed by atoms with Crippen molar-refractivity contribution in [2.24, 2.45) is 10.8 Å². The van der Waals surface area contributed by atoms with Crippen LogP contribution in [0, 0.1) is 28.4 Å². The van der Waals surface area contributed by atoms with Gasteiger partial charge in [0.25, 0.3) is 0 Å². The molecule has 2 amide bonds. The normalized spacial score (nSPS) is 10.5. The van der Waals surface area contributed by atoms with Crippen LogP contribution in [0.1, 0.15) is 84.9 Å². The van der Waals surface area contributed by atoms with Crippen LogP contribution in [0.2, 0.25) is 19.6 Å². The zero-order valence-electron chi connectivity index (χ0n) is 32.8. The molecule has 276 valence electrons. The Morgan fingerprint density at radius 1 is 0.800 bits per heavy atom. The van der Waals surface area contributed by atoms with E-state index in [0.29, 0.717) is 0 Å². The topological polar surface area (TPSA) is 129 Å². The number of anilines is 1. The Hall–Kier alpha value is -2.75. The molecule has 2 aromatic rings. The molecule has 0 aliphatic rings. The van der Waals surface area contributed by atoms with Crippen molar-refractivity contribution >= 4 is 50.7 Å². The molecule has 0 heterocycles. The third-order valence-electron chi connectivity index (χ3n) is 7.04. The molecule has 12 heteroatoms. The fourth-order valence-electron chi connectivity index (χ4n) is 3.86. The van der Waals surface area contributed by atoms with Crippen LogP contribution in [-0.2, 0) is 48.8 Å². The van der Waals surface area contributed by atoms with Crippen LogP contribution >= 0.6 is 19.4 Å². The van der Waals surface area contributed by atoms with Crippen LogP contribution < -0.4 is 16.4 Å². The molecule has 0 atom stereocenters. The molecule has 0 fully saturated rings. The average molecular weight is 800 g/mol. The maximum atomic E-state index is 11.8. The average Bonchev–Trinajstić information content (AvgIpc) is 3.03. The van der Waals surface area contributed by atoms with Gasteiger partial charge in [0.1, 0.15) is 5.78 Å². The summed E-state index contributed by atoms with van der Waals surface area (Å²) in [5, 5.41) is 13.6. The first-order valence-electron chi connectivity index (χ1n) is 16.6. The second-order valence-corrected chi connectivity index (χ2v) is 24.3. The number of hydrogen-bond acceptors (Lipinski definition) is 5. The van der Waals surface area contributed by atoms with Gasteiger partial charge < -0.3 is 26.0 Å². The molecule has 0 spiro atoms. The first-order valence-corrected chi connectivity index (χ1v) is 27.9. The summed E-state index contributed by atoms with van der Waals surface area (Å²) in [6, 6.07) is 16.2. The van der Waals surface area contributed by atoms with Crippen LogP contribution in [0.15, 0.2) is 48.5 Å². The Bertz CT molecular complexity index is 1360. The number of benzene rings is 2. The molecule has 0 saturated heterocycles. The van der Waals surface area contributed by atoms with E-state index in [9.17, 15) is 14.4 Å². The molecule has 8 nitrogen and oxygen atoms in total. The van der Waals surface area contributed by atoms with Gasteiger partial charge in [-0.1, -0.05) is 83.7 Å². The molecule has 2 rings (SSSR count). The van der Waals surface area contributed by atoms with Crippen LogP contribution in [0.4, 0.5) is 5.69 Å². The molecule has 0 unspecified atom stereocenters. The van der Waals surface area contributed by atoms with Crippen LogP contribution in [-0.4, -0.2) is 45.3 Å². The fraction of sp³-hybridized carbons (Fsp3) is 0.553. The summed E-state index contributed by atoms with van der Waals surface area (Å²) in [6.45, 7) is 28.1. The Morgan fingerprint density at radius 3 is 1.34 bits per heavy atom. The first-order chi connectivity index (χ1) is 22.9. The zero-order chi connectivity index (χ0) is 39.8. The third-order valence-corrected chi connectivity index (χ3v) is 7.71. The van der Waals surface area contributed by atoms with Gasteiger partial charge in [-0.3, -0.25) is 9.59 Å². The number of halogens is 2. The molecule has 0 bridgehead atoms. The van der Waals surface area contributed by atoms with E-state index in [2.05, 4.69) is 45.4 Å². The first kappa shape index (κ1) is 51.6.